The third-order valence-electron chi connectivity index (χ3n) is 3.55. The molecule has 0 heterocycles. The van der Waals surface area contributed by atoms with Crippen molar-refractivity contribution in [3.63, 3.8) is 0 Å². The van der Waals surface area contributed by atoms with Gasteiger partial charge in [0.2, 0.25) is 0 Å². The smallest absolute Gasteiger partial charge is 0.408 e. The van der Waals surface area contributed by atoms with Crippen LogP contribution in [0.2, 0.25) is 39.3 Å². The highest BCUT2D eigenvalue weighted by Crippen LogP contribution is 2.31. The van der Waals surface area contributed by atoms with Gasteiger partial charge >= 0.3 is 5.81 Å². The molecule has 0 amide bonds. The van der Waals surface area contributed by atoms with Crippen LogP contribution in [0.25, 0.3) is 0 Å². The van der Waals surface area contributed by atoms with Crippen molar-refractivity contribution in [1.82, 2.24) is 8.95 Å². The average molecular weight is 391 g/mol. The van der Waals surface area contributed by atoms with Gasteiger partial charge in [-0.3, -0.25) is 0 Å². The summed E-state index contributed by atoms with van der Waals surface area (Å²) in [5.74, 6) is 0.128. The molecule has 22 heavy (non-hydrogen) atoms. The Bertz CT molecular complexity index is 584. The first kappa shape index (κ1) is 17.5. The predicted molar refractivity (Wildman–Crippen MR) is 107 cm³/mol. The molecule has 0 aromatic carbocycles. The first-order valence-corrected chi connectivity index (χ1v) is 15.4. The van der Waals surface area contributed by atoms with E-state index in [1.54, 1.807) is 0 Å². The van der Waals surface area contributed by atoms with Crippen LogP contribution in [0.1, 0.15) is 0 Å². The number of rotatable bonds is 6. The van der Waals surface area contributed by atoms with Crippen molar-refractivity contribution in [3.05, 3.63) is 59.3 Å². The zero-order valence-corrected chi connectivity index (χ0v) is 17.9. The predicted octanol–water partition coefficient (Wildman–Crippen LogP) is 4.86. The van der Waals surface area contributed by atoms with Crippen molar-refractivity contribution >= 4 is 38.0 Å². The summed E-state index contributed by atoms with van der Waals surface area (Å²) in [5.41, 5.74) is 9.12. The van der Waals surface area contributed by atoms with E-state index in [4.69, 9.17) is 0 Å². The molecule has 0 aromatic rings. The Morgan fingerprint density at radius 2 is 1.18 bits per heavy atom. The van der Waals surface area contributed by atoms with Crippen molar-refractivity contribution < 1.29 is 0 Å². The molecule has 0 radical (unpaired) electrons. The molecule has 0 N–H and O–H groups in total. The van der Waals surface area contributed by atoms with E-state index in [1.807, 2.05) is 12.2 Å². The van der Waals surface area contributed by atoms with E-state index in [-0.39, 0.29) is 5.81 Å². The lowest BCUT2D eigenvalue weighted by Crippen LogP contribution is -2.63. The van der Waals surface area contributed by atoms with Gasteiger partial charge in [-0.1, -0.05) is 78.7 Å². The molecule has 0 saturated carbocycles. The molecular formula is C16H24BBrN2Si2. The largest absolute Gasteiger partial charge is 0.439 e. The molecule has 2 aliphatic carbocycles. The van der Waals surface area contributed by atoms with Crippen molar-refractivity contribution in [2.75, 3.05) is 0 Å². The molecule has 2 rings (SSSR count). The first-order chi connectivity index (χ1) is 10.1. The van der Waals surface area contributed by atoms with Gasteiger partial charge in [0.25, 0.3) is 0 Å². The van der Waals surface area contributed by atoms with Crippen LogP contribution in [0.15, 0.2) is 59.3 Å². The van der Waals surface area contributed by atoms with Crippen LogP contribution in [-0.4, -0.2) is 31.2 Å². The van der Waals surface area contributed by atoms with Gasteiger partial charge in [0, 0.05) is 0 Å². The van der Waals surface area contributed by atoms with Crippen LogP contribution in [0.5, 0.6) is 0 Å². The minimum Gasteiger partial charge on any atom is -0.408 e. The first-order valence-electron chi connectivity index (χ1n) is 7.62. The fourth-order valence-corrected chi connectivity index (χ4v) is 10.1. The fraction of sp³-hybridized carbons (Fsp3) is 0.375. The molecule has 6 heteroatoms. The van der Waals surface area contributed by atoms with E-state index < -0.39 is 16.5 Å². The van der Waals surface area contributed by atoms with E-state index in [2.05, 4.69) is 99.8 Å². The molecule has 0 spiro atoms. The molecule has 0 saturated heterocycles. The monoisotopic (exact) mass is 390 g/mol. The van der Waals surface area contributed by atoms with E-state index >= 15 is 0 Å². The van der Waals surface area contributed by atoms with E-state index in [1.165, 1.54) is 11.4 Å². The Hall–Kier alpha value is -0.901. The Morgan fingerprint density at radius 3 is 1.41 bits per heavy atom. The summed E-state index contributed by atoms with van der Waals surface area (Å²) in [7, 11) is -3.17. The van der Waals surface area contributed by atoms with Crippen molar-refractivity contribution in [2.45, 2.75) is 39.3 Å². The van der Waals surface area contributed by atoms with Gasteiger partial charge in [-0.25, -0.2) is 0 Å². The lowest BCUT2D eigenvalue weighted by Gasteiger charge is -2.47. The van der Waals surface area contributed by atoms with Crippen LogP contribution in [0.3, 0.4) is 0 Å². The second-order valence-corrected chi connectivity index (χ2v) is 18.0. The number of halogens is 1. The molecule has 0 fully saturated rings. The van der Waals surface area contributed by atoms with Crippen LogP contribution in [0.4, 0.5) is 0 Å². The second kappa shape index (κ2) is 6.31. The fourth-order valence-electron chi connectivity index (χ4n) is 2.65. The maximum atomic E-state index is 4.01. The standard InChI is InChI=1S/C16H24BBrN2Si2/c1-21(2,3)19(15-11-7-8-12-15)17(18)20(22(4,5)6)16-13-9-10-14-16/h7-11,13H,1-6H3. The van der Waals surface area contributed by atoms with E-state index in [0.29, 0.717) is 0 Å². The minimum atomic E-state index is -1.59. The number of hydrogen-bond donors (Lipinski definition) is 0. The highest BCUT2D eigenvalue weighted by Gasteiger charge is 2.42. The Morgan fingerprint density at radius 1 is 0.818 bits per heavy atom. The summed E-state index contributed by atoms with van der Waals surface area (Å²) in [5, 5.41) is 0. The third-order valence-corrected chi connectivity index (χ3v) is 8.99. The zero-order valence-electron chi connectivity index (χ0n) is 14.3. The Balaban J connectivity index is 2.45. The van der Waals surface area contributed by atoms with Gasteiger partial charge in [-0.2, -0.15) is 0 Å². The Kier molecular flexibility index (Phi) is 5.00. The highest BCUT2D eigenvalue weighted by atomic mass is 79.9. The Labute approximate surface area is 145 Å². The van der Waals surface area contributed by atoms with Gasteiger partial charge in [0.05, 0.1) is 11.4 Å². The lowest BCUT2D eigenvalue weighted by molar-refractivity contribution is 0.707. The SMILES string of the molecule is C[Si](C)(C)N(B(Br)N(C1=C=CC=C1)[Si](C)(C)C)C1=C=CC=C1. The van der Waals surface area contributed by atoms with Crippen molar-refractivity contribution in [3.8, 4) is 0 Å². The molecule has 0 aliphatic heterocycles. The minimum absolute atomic E-state index is 0.128. The van der Waals surface area contributed by atoms with Crippen LogP contribution >= 0.6 is 15.8 Å². The zero-order chi connectivity index (χ0) is 16.5. The molecular weight excluding hydrogens is 367 g/mol. The summed E-state index contributed by atoms with van der Waals surface area (Å²) in [6.45, 7) is 14.2. The summed E-state index contributed by atoms with van der Waals surface area (Å²) < 4.78 is 5.04. The number of hydrogen-bond acceptors (Lipinski definition) is 2. The maximum absolute atomic E-state index is 4.01. The lowest BCUT2D eigenvalue weighted by atomic mass is 10.1. The van der Waals surface area contributed by atoms with Crippen LogP contribution in [0, 0.1) is 0 Å². The molecule has 0 aromatic heterocycles. The highest BCUT2D eigenvalue weighted by molar-refractivity contribution is 9.24. The van der Waals surface area contributed by atoms with Crippen molar-refractivity contribution in [1.29, 1.82) is 0 Å². The molecule has 2 nitrogen and oxygen atoms in total. The molecule has 0 bridgehead atoms. The van der Waals surface area contributed by atoms with Gasteiger partial charge in [-0.05, 0) is 24.3 Å². The summed E-state index contributed by atoms with van der Waals surface area (Å²) in [6, 6.07) is 0. The number of allylic oxidation sites excluding steroid dienone is 4. The normalized spacial score (nSPS) is 16.1. The van der Waals surface area contributed by atoms with Gasteiger partial charge < -0.3 is 8.95 Å². The van der Waals surface area contributed by atoms with Gasteiger partial charge in [0.15, 0.2) is 0 Å². The summed E-state index contributed by atoms with van der Waals surface area (Å²) >= 11 is 4.01. The molecule has 0 atom stereocenters. The van der Waals surface area contributed by atoms with E-state index in [0.717, 1.165) is 0 Å². The topological polar surface area (TPSA) is 6.48 Å². The third kappa shape index (κ3) is 3.70. The van der Waals surface area contributed by atoms with E-state index in [9.17, 15) is 0 Å². The molecule has 0 unspecified atom stereocenters. The summed E-state index contributed by atoms with van der Waals surface area (Å²) in [6.07, 6.45) is 12.4. The maximum Gasteiger partial charge on any atom is 0.439 e. The summed E-state index contributed by atoms with van der Waals surface area (Å²) in [4.78, 5) is 0. The van der Waals surface area contributed by atoms with Gasteiger partial charge in [0.1, 0.15) is 16.5 Å². The second-order valence-electron chi connectivity index (χ2n) is 7.50. The molecule has 116 valence electrons. The van der Waals surface area contributed by atoms with Crippen molar-refractivity contribution in [2.24, 2.45) is 0 Å². The number of nitrogens with zero attached hydrogens (tertiary/aromatic N) is 2. The van der Waals surface area contributed by atoms with Crippen LogP contribution in [-0.2, 0) is 0 Å². The van der Waals surface area contributed by atoms with Crippen LogP contribution < -0.4 is 0 Å². The quantitative estimate of drug-likeness (QED) is 0.472. The average Bonchev–Trinajstić information content (AvgIpc) is 2.98. The van der Waals surface area contributed by atoms with Gasteiger partial charge in [-0.15, -0.1) is 0 Å². The molecule has 2 aliphatic rings.